The summed E-state index contributed by atoms with van der Waals surface area (Å²) in [5, 5.41) is 3.49. The lowest BCUT2D eigenvalue weighted by Gasteiger charge is -2.30. The molecule has 3 atom stereocenters. The highest BCUT2D eigenvalue weighted by atomic mass is 16.5. The topological polar surface area (TPSA) is 24.5 Å². The number of morpholine rings is 1. The van der Waals surface area contributed by atoms with Gasteiger partial charge < -0.3 is 15.0 Å². The van der Waals surface area contributed by atoms with Crippen molar-refractivity contribution in [3.63, 3.8) is 0 Å². The summed E-state index contributed by atoms with van der Waals surface area (Å²) in [4.78, 5) is 2.32. The van der Waals surface area contributed by atoms with E-state index in [2.05, 4.69) is 24.2 Å². The maximum atomic E-state index is 5.78. The van der Waals surface area contributed by atoms with Gasteiger partial charge in [0.25, 0.3) is 0 Å². The lowest BCUT2D eigenvalue weighted by Crippen LogP contribution is -2.50. The Morgan fingerprint density at radius 1 is 1.45 bits per heavy atom. The number of likely N-dealkylation sites (N-methyl/N-ethyl adjacent to an activating group) is 1. The molecule has 2 aliphatic heterocycles. The molecule has 2 heterocycles. The average molecular weight is 156 g/mol. The van der Waals surface area contributed by atoms with Crippen LogP contribution in [0.5, 0.6) is 0 Å². The van der Waals surface area contributed by atoms with E-state index < -0.39 is 0 Å². The van der Waals surface area contributed by atoms with Crippen LogP contribution in [0.1, 0.15) is 6.92 Å². The Labute approximate surface area is 67.7 Å². The van der Waals surface area contributed by atoms with Crippen molar-refractivity contribution < 1.29 is 4.74 Å². The minimum Gasteiger partial charge on any atom is -0.371 e. The van der Waals surface area contributed by atoms with Gasteiger partial charge in [0.2, 0.25) is 0 Å². The van der Waals surface area contributed by atoms with Gasteiger partial charge in [0, 0.05) is 25.7 Å². The van der Waals surface area contributed by atoms with Crippen LogP contribution in [0.4, 0.5) is 0 Å². The molecule has 0 amide bonds. The van der Waals surface area contributed by atoms with E-state index in [4.69, 9.17) is 4.74 Å². The highest BCUT2D eigenvalue weighted by Crippen LogP contribution is 2.17. The molecule has 2 aliphatic rings. The summed E-state index contributed by atoms with van der Waals surface area (Å²) in [5.74, 6) is 0. The van der Waals surface area contributed by atoms with Gasteiger partial charge in [-0.05, 0) is 14.0 Å². The van der Waals surface area contributed by atoms with Crippen molar-refractivity contribution in [1.29, 1.82) is 0 Å². The van der Waals surface area contributed by atoms with Crippen LogP contribution in [0.2, 0.25) is 0 Å². The monoisotopic (exact) mass is 156 g/mol. The Bertz CT molecular complexity index is 151. The second-order valence-corrected chi connectivity index (χ2v) is 3.72. The van der Waals surface area contributed by atoms with E-state index in [1.165, 1.54) is 0 Å². The van der Waals surface area contributed by atoms with E-state index >= 15 is 0 Å². The van der Waals surface area contributed by atoms with E-state index in [0.29, 0.717) is 18.2 Å². The Balaban J connectivity index is 1.97. The Morgan fingerprint density at radius 2 is 2.27 bits per heavy atom. The molecule has 0 aromatic carbocycles. The zero-order valence-corrected chi connectivity index (χ0v) is 7.21. The van der Waals surface area contributed by atoms with E-state index in [0.717, 1.165) is 19.6 Å². The van der Waals surface area contributed by atoms with Crippen molar-refractivity contribution in [2.24, 2.45) is 0 Å². The summed E-state index contributed by atoms with van der Waals surface area (Å²) in [6.07, 6.45) is 0.825. The van der Waals surface area contributed by atoms with Gasteiger partial charge in [-0.3, -0.25) is 0 Å². The van der Waals surface area contributed by atoms with Crippen molar-refractivity contribution in [2.45, 2.75) is 25.2 Å². The Morgan fingerprint density at radius 3 is 3.09 bits per heavy atom. The fourth-order valence-corrected chi connectivity index (χ4v) is 1.96. The number of nitrogens with zero attached hydrogens (tertiary/aromatic N) is 1. The van der Waals surface area contributed by atoms with Gasteiger partial charge >= 0.3 is 0 Å². The van der Waals surface area contributed by atoms with Crippen LogP contribution in [0.25, 0.3) is 0 Å². The fraction of sp³-hybridized carbons (Fsp3) is 1.00. The number of nitrogens with one attached hydrogen (secondary N) is 1. The molecule has 2 saturated heterocycles. The molecule has 0 spiro atoms. The molecule has 11 heavy (non-hydrogen) atoms. The summed E-state index contributed by atoms with van der Waals surface area (Å²) in [6.45, 7) is 5.36. The maximum Gasteiger partial charge on any atom is 0.0871 e. The van der Waals surface area contributed by atoms with Crippen LogP contribution in [0.3, 0.4) is 0 Å². The SMILES string of the molecule is CC1CN[C@@H]2CN(C)C[C@@H]2O1. The van der Waals surface area contributed by atoms with Crippen molar-refractivity contribution in [1.82, 2.24) is 10.2 Å². The number of hydrogen-bond acceptors (Lipinski definition) is 3. The molecule has 1 N–H and O–H groups in total. The lowest BCUT2D eigenvalue weighted by atomic mass is 10.1. The second kappa shape index (κ2) is 2.73. The van der Waals surface area contributed by atoms with Gasteiger partial charge in [-0.2, -0.15) is 0 Å². The summed E-state index contributed by atoms with van der Waals surface area (Å²) in [6, 6.07) is 0.580. The molecule has 2 fully saturated rings. The third-order valence-electron chi connectivity index (χ3n) is 2.52. The molecular weight excluding hydrogens is 140 g/mol. The second-order valence-electron chi connectivity index (χ2n) is 3.72. The van der Waals surface area contributed by atoms with Crippen molar-refractivity contribution in [3.05, 3.63) is 0 Å². The first-order valence-corrected chi connectivity index (χ1v) is 4.33. The van der Waals surface area contributed by atoms with E-state index in [9.17, 15) is 0 Å². The summed E-state index contributed by atoms with van der Waals surface area (Å²) in [7, 11) is 2.15. The standard InChI is InChI=1S/C8H16N2O/c1-6-3-9-7-4-10(2)5-8(7)11-6/h6-9H,3-5H2,1-2H3/t6?,7-,8+/m1/s1. The van der Waals surface area contributed by atoms with Gasteiger partial charge in [-0.15, -0.1) is 0 Å². The Hall–Kier alpha value is -0.120. The third-order valence-corrected chi connectivity index (χ3v) is 2.52. The highest BCUT2D eigenvalue weighted by molar-refractivity contribution is 4.92. The van der Waals surface area contributed by atoms with Gasteiger partial charge in [0.05, 0.1) is 12.2 Å². The predicted octanol–water partition coefficient (Wildman–Crippen LogP) is -0.323. The van der Waals surface area contributed by atoms with E-state index in [1.807, 2.05) is 0 Å². The first-order valence-electron chi connectivity index (χ1n) is 4.33. The average Bonchev–Trinajstić information content (AvgIpc) is 2.27. The van der Waals surface area contributed by atoms with Crippen LogP contribution in [-0.2, 0) is 4.74 Å². The zero-order valence-electron chi connectivity index (χ0n) is 7.21. The van der Waals surface area contributed by atoms with Crippen LogP contribution >= 0.6 is 0 Å². The molecule has 3 nitrogen and oxygen atoms in total. The molecule has 3 heteroatoms. The number of ether oxygens (including phenoxy) is 1. The minimum absolute atomic E-state index is 0.391. The minimum atomic E-state index is 0.391. The smallest absolute Gasteiger partial charge is 0.0871 e. The highest BCUT2D eigenvalue weighted by Gasteiger charge is 2.35. The number of fused-ring (bicyclic) bond motifs is 1. The summed E-state index contributed by atoms with van der Waals surface area (Å²) >= 11 is 0. The predicted molar refractivity (Wildman–Crippen MR) is 43.6 cm³/mol. The molecule has 0 radical (unpaired) electrons. The zero-order chi connectivity index (χ0) is 7.84. The first-order chi connectivity index (χ1) is 5.25. The van der Waals surface area contributed by atoms with Gasteiger partial charge in [-0.1, -0.05) is 0 Å². The molecule has 64 valence electrons. The van der Waals surface area contributed by atoms with Crippen LogP contribution < -0.4 is 5.32 Å². The molecule has 0 aromatic heterocycles. The van der Waals surface area contributed by atoms with Crippen LogP contribution in [0, 0.1) is 0 Å². The molecule has 0 aromatic rings. The van der Waals surface area contributed by atoms with Gasteiger partial charge in [-0.25, -0.2) is 0 Å². The van der Waals surface area contributed by atoms with Crippen molar-refractivity contribution >= 4 is 0 Å². The number of likely N-dealkylation sites (tertiary alicyclic amines) is 1. The van der Waals surface area contributed by atoms with E-state index in [1.54, 1.807) is 0 Å². The molecule has 0 aliphatic carbocycles. The lowest BCUT2D eigenvalue weighted by molar-refractivity contribution is -0.0353. The third kappa shape index (κ3) is 1.41. The van der Waals surface area contributed by atoms with Crippen LogP contribution in [-0.4, -0.2) is 49.8 Å². The van der Waals surface area contributed by atoms with Crippen molar-refractivity contribution in [3.8, 4) is 0 Å². The summed E-state index contributed by atoms with van der Waals surface area (Å²) in [5.41, 5.74) is 0. The first kappa shape index (κ1) is 7.53. The largest absolute Gasteiger partial charge is 0.371 e. The number of rotatable bonds is 0. The quantitative estimate of drug-likeness (QED) is 0.520. The van der Waals surface area contributed by atoms with Gasteiger partial charge in [0.15, 0.2) is 0 Å². The van der Waals surface area contributed by atoms with Crippen LogP contribution in [0.15, 0.2) is 0 Å². The van der Waals surface area contributed by atoms with Crippen molar-refractivity contribution in [2.75, 3.05) is 26.7 Å². The molecule has 2 rings (SSSR count). The Kier molecular flexibility index (Phi) is 1.87. The van der Waals surface area contributed by atoms with Gasteiger partial charge in [0.1, 0.15) is 0 Å². The molecular formula is C8H16N2O. The number of hydrogen-bond donors (Lipinski definition) is 1. The fourth-order valence-electron chi connectivity index (χ4n) is 1.96. The molecule has 0 bridgehead atoms. The maximum absolute atomic E-state index is 5.78. The molecule has 1 unspecified atom stereocenters. The summed E-state index contributed by atoms with van der Waals surface area (Å²) < 4.78 is 5.78. The normalized spacial score (nSPS) is 45.8. The van der Waals surface area contributed by atoms with E-state index in [-0.39, 0.29) is 0 Å². The molecule has 0 saturated carbocycles.